The van der Waals surface area contributed by atoms with Gasteiger partial charge in [-0.2, -0.15) is 0 Å². The Morgan fingerprint density at radius 1 is 1.06 bits per heavy atom. The number of nitrogens with one attached hydrogen (secondary N) is 1. The summed E-state index contributed by atoms with van der Waals surface area (Å²) in [6.07, 6.45) is 0. The number of ether oxygens (including phenoxy) is 1. The van der Waals surface area contributed by atoms with E-state index in [0.717, 1.165) is 21.3 Å². The van der Waals surface area contributed by atoms with Crippen molar-refractivity contribution >= 4 is 23.8 Å². The van der Waals surface area contributed by atoms with Gasteiger partial charge in [0.05, 0.1) is 12.2 Å². The number of hydrogen-bond acceptors (Lipinski definition) is 5. The standard InChI is InChI=1S/C24H24FN3O3S/c1-16-13-19(17-7-6-8-18(14-17)23(29)27-11-12-31-2)15-21(22(16)25)24(30)28(26)32-20-9-4-3-5-10-20/h3-10,13-15H,11-12,26H2,1-2H3,(H,27,29). The lowest BCUT2D eigenvalue weighted by Crippen LogP contribution is -2.31. The van der Waals surface area contributed by atoms with Crippen molar-refractivity contribution in [2.24, 2.45) is 5.84 Å². The smallest absolute Gasteiger partial charge is 0.281 e. The van der Waals surface area contributed by atoms with Gasteiger partial charge >= 0.3 is 0 Å². The summed E-state index contributed by atoms with van der Waals surface area (Å²) < 4.78 is 20.7. The molecule has 2 amide bonds. The summed E-state index contributed by atoms with van der Waals surface area (Å²) in [6.45, 7) is 2.38. The molecule has 0 aromatic heterocycles. The van der Waals surface area contributed by atoms with E-state index in [0.29, 0.717) is 35.4 Å². The van der Waals surface area contributed by atoms with Crippen molar-refractivity contribution in [2.75, 3.05) is 20.3 Å². The number of halogens is 1. The Bertz CT molecular complexity index is 1110. The van der Waals surface area contributed by atoms with Gasteiger partial charge in [-0.05, 0) is 60.0 Å². The highest BCUT2D eigenvalue weighted by Gasteiger charge is 2.21. The van der Waals surface area contributed by atoms with E-state index in [1.807, 2.05) is 18.2 Å². The molecule has 32 heavy (non-hydrogen) atoms. The molecule has 3 aromatic carbocycles. The summed E-state index contributed by atoms with van der Waals surface area (Å²) in [5.74, 6) is 4.40. The minimum atomic E-state index is -0.658. The van der Waals surface area contributed by atoms with E-state index in [1.165, 1.54) is 6.07 Å². The summed E-state index contributed by atoms with van der Waals surface area (Å²) >= 11 is 1.01. The van der Waals surface area contributed by atoms with Gasteiger partial charge in [-0.3, -0.25) is 9.59 Å². The molecule has 0 bridgehead atoms. The first kappa shape index (κ1) is 23.5. The van der Waals surface area contributed by atoms with Crippen LogP contribution in [-0.2, 0) is 4.74 Å². The van der Waals surface area contributed by atoms with Crippen LogP contribution in [0.3, 0.4) is 0 Å². The fourth-order valence-electron chi connectivity index (χ4n) is 3.06. The Balaban J connectivity index is 1.87. The molecule has 0 unspecified atom stereocenters. The van der Waals surface area contributed by atoms with Gasteiger partial charge in [0.25, 0.3) is 11.8 Å². The number of methoxy groups -OCH3 is 1. The summed E-state index contributed by atoms with van der Waals surface area (Å²) in [4.78, 5) is 26.0. The molecule has 0 aliphatic carbocycles. The number of nitrogens with zero attached hydrogens (tertiary/aromatic N) is 1. The molecule has 3 rings (SSSR count). The zero-order valence-electron chi connectivity index (χ0n) is 17.8. The fraction of sp³-hybridized carbons (Fsp3) is 0.167. The predicted octanol–water partition coefficient (Wildman–Crippen LogP) is 4.20. The summed E-state index contributed by atoms with van der Waals surface area (Å²) in [7, 11) is 1.56. The number of hydrazine groups is 1. The maximum Gasteiger partial charge on any atom is 0.281 e. The van der Waals surface area contributed by atoms with Crippen LogP contribution in [0, 0.1) is 12.7 Å². The van der Waals surface area contributed by atoms with E-state index in [4.69, 9.17) is 10.6 Å². The highest BCUT2D eigenvalue weighted by atomic mass is 32.2. The average molecular weight is 454 g/mol. The molecular weight excluding hydrogens is 429 g/mol. The Kier molecular flexibility index (Phi) is 7.99. The number of carbonyl (C=O) groups is 2. The highest BCUT2D eigenvalue weighted by Crippen LogP contribution is 2.28. The molecule has 3 aromatic rings. The van der Waals surface area contributed by atoms with Crippen molar-refractivity contribution < 1.29 is 18.7 Å². The second kappa shape index (κ2) is 10.9. The van der Waals surface area contributed by atoms with Gasteiger partial charge in [-0.1, -0.05) is 30.3 Å². The van der Waals surface area contributed by atoms with E-state index in [-0.39, 0.29) is 11.5 Å². The Morgan fingerprint density at radius 2 is 1.81 bits per heavy atom. The van der Waals surface area contributed by atoms with Gasteiger partial charge in [0.15, 0.2) is 0 Å². The number of benzene rings is 3. The van der Waals surface area contributed by atoms with Crippen LogP contribution in [0.25, 0.3) is 11.1 Å². The SMILES string of the molecule is COCCNC(=O)c1cccc(-c2cc(C)c(F)c(C(=O)N(N)Sc3ccccc3)c2)c1. The molecule has 0 saturated carbocycles. The lowest BCUT2D eigenvalue weighted by atomic mass is 9.97. The third kappa shape index (κ3) is 5.73. The van der Waals surface area contributed by atoms with Crippen molar-refractivity contribution in [3.63, 3.8) is 0 Å². The number of amides is 2. The van der Waals surface area contributed by atoms with Gasteiger partial charge in [-0.25, -0.2) is 14.6 Å². The third-order valence-electron chi connectivity index (χ3n) is 4.68. The van der Waals surface area contributed by atoms with E-state index >= 15 is 0 Å². The molecule has 0 heterocycles. The van der Waals surface area contributed by atoms with Crippen molar-refractivity contribution in [3.8, 4) is 11.1 Å². The van der Waals surface area contributed by atoms with Gasteiger partial charge in [-0.15, -0.1) is 0 Å². The molecule has 0 aliphatic rings. The molecule has 0 fully saturated rings. The maximum atomic E-state index is 14.8. The Labute approximate surface area is 190 Å². The number of aryl methyl sites for hydroxylation is 1. The predicted molar refractivity (Wildman–Crippen MR) is 123 cm³/mol. The molecule has 0 aliphatic heterocycles. The second-order valence-corrected chi connectivity index (χ2v) is 8.07. The van der Waals surface area contributed by atoms with Gasteiger partial charge < -0.3 is 10.1 Å². The Morgan fingerprint density at radius 3 is 2.53 bits per heavy atom. The number of rotatable bonds is 8. The van der Waals surface area contributed by atoms with Gasteiger partial charge in [0.2, 0.25) is 0 Å². The normalized spacial score (nSPS) is 10.6. The maximum absolute atomic E-state index is 14.8. The minimum Gasteiger partial charge on any atom is -0.383 e. The zero-order chi connectivity index (χ0) is 23.1. The molecule has 0 atom stereocenters. The summed E-state index contributed by atoms with van der Waals surface area (Å²) in [5, 5.41) is 2.76. The van der Waals surface area contributed by atoms with E-state index in [2.05, 4.69) is 5.32 Å². The quantitative estimate of drug-likeness (QED) is 0.176. The van der Waals surface area contributed by atoms with Crippen molar-refractivity contribution in [3.05, 3.63) is 89.2 Å². The Hall–Kier alpha value is -3.20. The van der Waals surface area contributed by atoms with Crippen LogP contribution in [0.5, 0.6) is 0 Å². The van der Waals surface area contributed by atoms with E-state index in [9.17, 15) is 14.0 Å². The molecule has 6 nitrogen and oxygen atoms in total. The van der Waals surface area contributed by atoms with Crippen molar-refractivity contribution in [1.82, 2.24) is 9.73 Å². The third-order valence-corrected chi connectivity index (χ3v) is 5.53. The van der Waals surface area contributed by atoms with Gasteiger partial charge in [0, 0.05) is 36.1 Å². The summed E-state index contributed by atoms with van der Waals surface area (Å²) in [5.41, 5.74) is 1.91. The first-order chi connectivity index (χ1) is 15.4. The first-order valence-corrected chi connectivity index (χ1v) is 10.7. The number of carbonyl (C=O) groups excluding carboxylic acids is 2. The van der Waals surface area contributed by atoms with Crippen LogP contribution in [0.1, 0.15) is 26.3 Å². The fourth-order valence-corrected chi connectivity index (χ4v) is 3.74. The lowest BCUT2D eigenvalue weighted by molar-refractivity contribution is 0.0866. The lowest BCUT2D eigenvalue weighted by Gasteiger charge is -2.17. The van der Waals surface area contributed by atoms with Crippen LogP contribution < -0.4 is 11.2 Å². The molecule has 0 spiro atoms. The van der Waals surface area contributed by atoms with E-state index < -0.39 is 11.7 Å². The molecule has 8 heteroatoms. The summed E-state index contributed by atoms with van der Waals surface area (Å²) in [6, 6.07) is 19.1. The minimum absolute atomic E-state index is 0.138. The van der Waals surface area contributed by atoms with Crippen molar-refractivity contribution in [1.29, 1.82) is 0 Å². The largest absolute Gasteiger partial charge is 0.383 e. The topological polar surface area (TPSA) is 84.7 Å². The van der Waals surface area contributed by atoms with Crippen LogP contribution >= 0.6 is 11.9 Å². The first-order valence-electron chi connectivity index (χ1n) is 9.90. The number of hydrogen-bond donors (Lipinski definition) is 2. The van der Waals surface area contributed by atoms with Crippen molar-refractivity contribution in [2.45, 2.75) is 11.8 Å². The molecule has 166 valence electrons. The monoisotopic (exact) mass is 453 g/mol. The molecule has 0 radical (unpaired) electrons. The molecule has 0 saturated heterocycles. The van der Waals surface area contributed by atoms with Crippen LogP contribution in [0.15, 0.2) is 71.6 Å². The second-order valence-electron chi connectivity index (χ2n) is 7.02. The average Bonchev–Trinajstić information content (AvgIpc) is 2.81. The van der Waals surface area contributed by atoms with Crippen LogP contribution in [0.2, 0.25) is 0 Å². The number of nitrogens with two attached hydrogens (primary N) is 1. The highest BCUT2D eigenvalue weighted by molar-refractivity contribution is 7.97. The van der Waals surface area contributed by atoms with Gasteiger partial charge in [0.1, 0.15) is 5.82 Å². The molecule has 3 N–H and O–H groups in total. The van der Waals surface area contributed by atoms with Crippen LogP contribution in [0.4, 0.5) is 4.39 Å². The van der Waals surface area contributed by atoms with E-state index in [1.54, 1.807) is 56.5 Å². The molecular formula is C24H24FN3O3S. The zero-order valence-corrected chi connectivity index (χ0v) is 18.6. The van der Waals surface area contributed by atoms with Crippen LogP contribution in [-0.4, -0.2) is 36.5 Å².